The molecule has 0 saturated heterocycles. The lowest BCUT2D eigenvalue weighted by atomic mass is 10.0. The molecule has 3 aromatic rings. The van der Waals surface area contributed by atoms with Crippen molar-refractivity contribution in [2.24, 2.45) is 4.99 Å². The number of ether oxygens (including phenoxy) is 1. The van der Waals surface area contributed by atoms with Gasteiger partial charge in [-0.3, -0.25) is 0 Å². The maximum absolute atomic E-state index is 6.22. The first-order valence-electron chi connectivity index (χ1n) is 7.37. The number of hydrogen-bond donors (Lipinski definition) is 1. The zero-order valence-corrected chi connectivity index (χ0v) is 13.9. The zero-order chi connectivity index (χ0) is 16.9. The number of aromatic nitrogens is 1. The van der Waals surface area contributed by atoms with Crippen LogP contribution in [0, 0.1) is 0 Å². The fraction of sp³-hybridized carbons (Fsp3) is 0.0526. The van der Waals surface area contributed by atoms with Crippen molar-refractivity contribution in [3.63, 3.8) is 0 Å². The van der Waals surface area contributed by atoms with Crippen LogP contribution in [0.4, 0.5) is 11.4 Å². The molecule has 0 spiro atoms. The molecule has 0 aliphatic heterocycles. The number of hydrogen-bond acceptors (Lipinski definition) is 4. The molecule has 0 aliphatic rings. The largest absolute Gasteiger partial charge is 0.497 e. The third kappa shape index (κ3) is 3.39. The fourth-order valence-corrected chi connectivity index (χ4v) is 2.50. The van der Waals surface area contributed by atoms with Gasteiger partial charge >= 0.3 is 0 Å². The van der Waals surface area contributed by atoms with E-state index in [2.05, 4.69) is 4.98 Å². The van der Waals surface area contributed by atoms with Crippen LogP contribution in [0.1, 0.15) is 11.1 Å². The predicted molar refractivity (Wildman–Crippen MR) is 98.4 cm³/mol. The highest BCUT2D eigenvalue weighted by atomic mass is 35.5. The van der Waals surface area contributed by atoms with E-state index < -0.39 is 0 Å². The topological polar surface area (TPSA) is 60.5 Å². The number of nitrogens with two attached hydrogens (primary N) is 1. The molecular formula is C19H16ClN3O. The van der Waals surface area contributed by atoms with Crippen molar-refractivity contribution in [1.82, 2.24) is 4.98 Å². The first-order chi connectivity index (χ1) is 11.7. The Bertz CT molecular complexity index is 879. The van der Waals surface area contributed by atoms with Crippen molar-refractivity contribution in [3.05, 3.63) is 83.1 Å². The second kappa shape index (κ2) is 7.15. The van der Waals surface area contributed by atoms with Gasteiger partial charge in [-0.2, -0.15) is 0 Å². The summed E-state index contributed by atoms with van der Waals surface area (Å²) in [4.78, 5) is 8.79. The van der Waals surface area contributed by atoms with Crippen molar-refractivity contribution in [2.45, 2.75) is 0 Å². The van der Waals surface area contributed by atoms with E-state index in [4.69, 9.17) is 27.1 Å². The average molecular weight is 338 g/mol. The lowest BCUT2D eigenvalue weighted by molar-refractivity contribution is 0.415. The van der Waals surface area contributed by atoms with Crippen molar-refractivity contribution in [2.75, 3.05) is 12.8 Å². The number of methoxy groups -OCH3 is 1. The summed E-state index contributed by atoms with van der Waals surface area (Å²) in [6, 6.07) is 19.0. The summed E-state index contributed by atoms with van der Waals surface area (Å²) in [5, 5.41) is 0.345. The summed E-state index contributed by atoms with van der Waals surface area (Å²) in [5.41, 5.74) is 9.86. The summed E-state index contributed by atoms with van der Waals surface area (Å²) in [6.45, 7) is 0. The number of halogens is 1. The molecule has 5 heteroatoms. The molecule has 0 atom stereocenters. The van der Waals surface area contributed by atoms with Crippen LogP contribution in [0.25, 0.3) is 0 Å². The first kappa shape index (κ1) is 16.0. The number of pyridine rings is 1. The molecular weight excluding hydrogens is 322 g/mol. The van der Waals surface area contributed by atoms with E-state index in [1.165, 1.54) is 0 Å². The molecule has 0 fully saturated rings. The summed E-state index contributed by atoms with van der Waals surface area (Å²) in [7, 11) is 1.61. The van der Waals surface area contributed by atoms with Gasteiger partial charge in [0.1, 0.15) is 11.4 Å². The Hall–Kier alpha value is -2.85. The van der Waals surface area contributed by atoms with Crippen LogP contribution < -0.4 is 10.5 Å². The van der Waals surface area contributed by atoms with Gasteiger partial charge in [0.05, 0.1) is 12.8 Å². The minimum Gasteiger partial charge on any atom is -0.497 e. The molecule has 1 heterocycles. The Balaban J connectivity index is 2.19. The molecule has 0 saturated carbocycles. The van der Waals surface area contributed by atoms with Crippen LogP contribution in [0.5, 0.6) is 5.75 Å². The number of benzene rings is 2. The van der Waals surface area contributed by atoms with Crippen LogP contribution in [-0.4, -0.2) is 17.8 Å². The fourth-order valence-electron chi connectivity index (χ4n) is 2.34. The number of aliphatic imine (C=N–C) groups is 1. The highest BCUT2D eigenvalue weighted by Crippen LogP contribution is 2.27. The Morgan fingerprint density at radius 2 is 1.88 bits per heavy atom. The number of nitrogen functional groups attached to an aromatic ring is 1. The smallest absolute Gasteiger partial charge is 0.154 e. The molecule has 0 radical (unpaired) electrons. The minimum absolute atomic E-state index is 0.345. The van der Waals surface area contributed by atoms with Gasteiger partial charge in [-0.15, -0.1) is 0 Å². The highest BCUT2D eigenvalue weighted by molar-refractivity contribution is 6.32. The predicted octanol–water partition coefficient (Wildman–Crippen LogP) is 4.49. The summed E-state index contributed by atoms with van der Waals surface area (Å²) in [5.74, 6) is 0.697. The molecule has 3 rings (SSSR count). The quantitative estimate of drug-likeness (QED) is 0.433. The van der Waals surface area contributed by atoms with Gasteiger partial charge in [0.25, 0.3) is 0 Å². The van der Waals surface area contributed by atoms with E-state index in [0.29, 0.717) is 22.3 Å². The van der Waals surface area contributed by atoms with E-state index in [1.54, 1.807) is 25.4 Å². The molecule has 0 amide bonds. The van der Waals surface area contributed by atoms with Gasteiger partial charge in [0, 0.05) is 29.1 Å². The molecule has 2 N–H and O–H groups in total. The maximum atomic E-state index is 6.22. The van der Waals surface area contributed by atoms with Crippen LogP contribution >= 0.6 is 11.6 Å². The van der Waals surface area contributed by atoms with Gasteiger partial charge in [0.15, 0.2) is 5.15 Å². The van der Waals surface area contributed by atoms with Gasteiger partial charge in [0.2, 0.25) is 0 Å². The van der Waals surface area contributed by atoms with Gasteiger partial charge in [-0.25, -0.2) is 9.98 Å². The molecule has 1 aromatic heterocycles. The van der Waals surface area contributed by atoms with Gasteiger partial charge in [-0.05, 0) is 24.3 Å². The van der Waals surface area contributed by atoms with Crippen molar-refractivity contribution in [1.29, 1.82) is 0 Å². The second-order valence-electron chi connectivity index (χ2n) is 5.09. The molecule has 120 valence electrons. The van der Waals surface area contributed by atoms with Crippen LogP contribution in [0.15, 0.2) is 71.9 Å². The molecule has 0 bridgehead atoms. The molecule has 0 unspecified atom stereocenters. The SMILES string of the molecule is COc1ccc(C(=Nc2cccnc2Cl)c2ccccc2)c(N)c1. The van der Waals surface area contributed by atoms with Crippen LogP contribution in [0.2, 0.25) is 5.15 Å². The highest BCUT2D eigenvalue weighted by Gasteiger charge is 2.12. The van der Waals surface area contributed by atoms with Crippen LogP contribution in [0.3, 0.4) is 0 Å². The molecule has 24 heavy (non-hydrogen) atoms. The monoisotopic (exact) mass is 337 g/mol. The normalized spacial score (nSPS) is 11.3. The van der Waals surface area contributed by atoms with Gasteiger partial charge < -0.3 is 10.5 Å². The van der Waals surface area contributed by atoms with Crippen molar-refractivity contribution < 1.29 is 4.74 Å². The lowest BCUT2D eigenvalue weighted by Crippen LogP contribution is -2.07. The number of anilines is 1. The number of rotatable bonds is 4. The van der Waals surface area contributed by atoms with Crippen molar-refractivity contribution in [3.8, 4) is 5.75 Å². The third-order valence-corrected chi connectivity index (χ3v) is 3.82. The molecule has 2 aromatic carbocycles. The third-order valence-electron chi connectivity index (χ3n) is 3.53. The second-order valence-corrected chi connectivity index (χ2v) is 5.45. The molecule has 0 aliphatic carbocycles. The Labute approximate surface area is 145 Å². The minimum atomic E-state index is 0.345. The average Bonchev–Trinajstić information content (AvgIpc) is 2.62. The Morgan fingerprint density at radius 3 is 2.54 bits per heavy atom. The van der Waals surface area contributed by atoms with Gasteiger partial charge in [-0.1, -0.05) is 41.9 Å². The number of nitrogens with zero attached hydrogens (tertiary/aromatic N) is 2. The maximum Gasteiger partial charge on any atom is 0.154 e. The van der Waals surface area contributed by atoms with E-state index in [0.717, 1.165) is 16.8 Å². The van der Waals surface area contributed by atoms with Crippen LogP contribution in [-0.2, 0) is 0 Å². The summed E-state index contributed by atoms with van der Waals surface area (Å²) in [6.07, 6.45) is 1.63. The molecule has 4 nitrogen and oxygen atoms in total. The zero-order valence-electron chi connectivity index (χ0n) is 13.1. The standard InChI is InChI=1S/C19H16ClN3O/c1-24-14-9-10-15(16(21)12-14)18(13-6-3-2-4-7-13)23-17-8-5-11-22-19(17)20/h2-12H,21H2,1H3. The lowest BCUT2D eigenvalue weighted by Gasteiger charge is -2.12. The van der Waals surface area contributed by atoms with E-state index >= 15 is 0 Å². The van der Waals surface area contributed by atoms with E-state index in [9.17, 15) is 0 Å². The van der Waals surface area contributed by atoms with Crippen molar-refractivity contribution >= 4 is 28.7 Å². The Morgan fingerprint density at radius 1 is 1.08 bits per heavy atom. The van der Waals surface area contributed by atoms with E-state index in [-0.39, 0.29) is 0 Å². The summed E-state index contributed by atoms with van der Waals surface area (Å²) >= 11 is 6.16. The van der Waals surface area contributed by atoms with E-state index in [1.807, 2.05) is 48.5 Å². The Kier molecular flexibility index (Phi) is 4.77. The first-order valence-corrected chi connectivity index (χ1v) is 7.75. The summed E-state index contributed by atoms with van der Waals surface area (Å²) < 4.78 is 5.22.